The highest BCUT2D eigenvalue weighted by molar-refractivity contribution is 9.11. The van der Waals surface area contributed by atoms with Crippen molar-refractivity contribution in [2.75, 3.05) is 6.54 Å². The van der Waals surface area contributed by atoms with E-state index >= 15 is 0 Å². The maximum atomic E-state index is 11.5. The van der Waals surface area contributed by atoms with Crippen molar-refractivity contribution in [3.05, 3.63) is 20.8 Å². The minimum atomic E-state index is -0.914. The number of aliphatic carboxylic acids is 1. The number of carbonyl (C=O) groups excluding carboxylic acids is 1. The molecule has 1 aromatic rings. The lowest BCUT2D eigenvalue weighted by Gasteiger charge is -2.06. The summed E-state index contributed by atoms with van der Waals surface area (Å²) in [4.78, 5) is 22.5. The molecule has 0 aliphatic heterocycles. The van der Waals surface area contributed by atoms with Crippen LogP contribution in [0.5, 0.6) is 0 Å². The average molecular weight is 292 g/mol. The Morgan fingerprint density at radius 1 is 1.60 bits per heavy atom. The smallest absolute Gasteiger partial charge is 0.308 e. The van der Waals surface area contributed by atoms with E-state index in [9.17, 15) is 9.59 Å². The summed E-state index contributed by atoms with van der Waals surface area (Å²) in [6, 6.07) is 3.47. The van der Waals surface area contributed by atoms with E-state index < -0.39 is 11.9 Å². The van der Waals surface area contributed by atoms with Crippen LogP contribution in [0.1, 0.15) is 16.6 Å². The van der Waals surface area contributed by atoms with Crippen molar-refractivity contribution in [3.8, 4) is 0 Å². The van der Waals surface area contributed by atoms with Gasteiger partial charge >= 0.3 is 5.97 Å². The number of hydrogen-bond acceptors (Lipinski definition) is 3. The first-order valence-corrected chi connectivity index (χ1v) is 5.88. The predicted molar refractivity (Wildman–Crippen MR) is 61.2 cm³/mol. The molecule has 2 N–H and O–H groups in total. The van der Waals surface area contributed by atoms with E-state index in [4.69, 9.17) is 5.11 Å². The first kappa shape index (κ1) is 12.2. The van der Waals surface area contributed by atoms with Crippen LogP contribution >= 0.6 is 27.3 Å². The summed E-state index contributed by atoms with van der Waals surface area (Å²) in [5, 5.41) is 11.2. The van der Waals surface area contributed by atoms with Crippen LogP contribution in [0.4, 0.5) is 0 Å². The van der Waals surface area contributed by atoms with Crippen LogP contribution in [0.15, 0.2) is 15.9 Å². The molecule has 0 aliphatic carbocycles. The Kier molecular flexibility index (Phi) is 4.28. The predicted octanol–water partition coefficient (Wildman–Crippen LogP) is 1.96. The van der Waals surface area contributed by atoms with Crippen LogP contribution < -0.4 is 5.32 Å². The molecule has 0 bridgehead atoms. The quantitative estimate of drug-likeness (QED) is 0.891. The van der Waals surface area contributed by atoms with Crippen LogP contribution in [0.3, 0.4) is 0 Å². The van der Waals surface area contributed by atoms with Gasteiger partial charge in [-0.3, -0.25) is 9.59 Å². The fraction of sp³-hybridized carbons (Fsp3) is 0.333. The second-order valence-corrected chi connectivity index (χ2v) is 5.52. The molecule has 0 fully saturated rings. The molecule has 1 rings (SSSR count). The van der Waals surface area contributed by atoms with E-state index in [1.54, 1.807) is 19.1 Å². The molecule has 0 radical (unpaired) electrons. The van der Waals surface area contributed by atoms with Gasteiger partial charge in [0.1, 0.15) is 0 Å². The molecule has 0 aromatic carbocycles. The minimum Gasteiger partial charge on any atom is -0.481 e. The van der Waals surface area contributed by atoms with Crippen LogP contribution in [-0.2, 0) is 4.79 Å². The van der Waals surface area contributed by atoms with Gasteiger partial charge < -0.3 is 10.4 Å². The fourth-order valence-corrected chi connectivity index (χ4v) is 2.16. The third-order valence-electron chi connectivity index (χ3n) is 1.79. The molecule has 82 valence electrons. The summed E-state index contributed by atoms with van der Waals surface area (Å²) in [7, 11) is 0. The molecule has 1 heterocycles. The third kappa shape index (κ3) is 3.64. The standard InChI is InChI=1S/C9H10BrNO3S/c1-5(9(13)14)4-11-8(12)6-2-3-7(10)15-6/h2-3,5H,4H2,1H3,(H,11,12)(H,13,14). The van der Waals surface area contributed by atoms with Gasteiger partial charge in [-0.1, -0.05) is 6.92 Å². The number of carboxylic acid groups (broad SMARTS) is 1. The Balaban J connectivity index is 2.47. The van der Waals surface area contributed by atoms with E-state index in [1.165, 1.54) is 11.3 Å². The molecule has 1 unspecified atom stereocenters. The van der Waals surface area contributed by atoms with Gasteiger partial charge in [-0.05, 0) is 28.1 Å². The van der Waals surface area contributed by atoms with Crippen molar-refractivity contribution >= 4 is 39.1 Å². The van der Waals surface area contributed by atoms with Crippen LogP contribution in [0.2, 0.25) is 0 Å². The van der Waals surface area contributed by atoms with Crippen LogP contribution in [0, 0.1) is 5.92 Å². The van der Waals surface area contributed by atoms with Crippen molar-refractivity contribution in [1.82, 2.24) is 5.32 Å². The zero-order chi connectivity index (χ0) is 11.4. The van der Waals surface area contributed by atoms with Gasteiger partial charge in [0.2, 0.25) is 0 Å². The molecule has 15 heavy (non-hydrogen) atoms. The van der Waals surface area contributed by atoms with Gasteiger partial charge in [-0.2, -0.15) is 0 Å². The summed E-state index contributed by atoms with van der Waals surface area (Å²) in [6.45, 7) is 1.69. The van der Waals surface area contributed by atoms with Gasteiger partial charge in [-0.25, -0.2) is 0 Å². The Morgan fingerprint density at radius 2 is 2.27 bits per heavy atom. The number of halogens is 1. The largest absolute Gasteiger partial charge is 0.481 e. The molecule has 1 amide bonds. The van der Waals surface area contributed by atoms with Gasteiger partial charge in [-0.15, -0.1) is 11.3 Å². The highest BCUT2D eigenvalue weighted by atomic mass is 79.9. The molecule has 6 heteroatoms. The van der Waals surface area contributed by atoms with Crippen LogP contribution in [-0.4, -0.2) is 23.5 Å². The highest BCUT2D eigenvalue weighted by Crippen LogP contribution is 2.21. The van der Waals surface area contributed by atoms with E-state index in [0.29, 0.717) is 4.88 Å². The number of hydrogen-bond donors (Lipinski definition) is 2. The average Bonchev–Trinajstić information content (AvgIpc) is 2.60. The van der Waals surface area contributed by atoms with E-state index in [2.05, 4.69) is 21.2 Å². The van der Waals surface area contributed by atoms with Crippen molar-refractivity contribution in [3.63, 3.8) is 0 Å². The lowest BCUT2D eigenvalue weighted by Crippen LogP contribution is -2.30. The van der Waals surface area contributed by atoms with Gasteiger partial charge in [0.05, 0.1) is 14.6 Å². The molecular formula is C9H10BrNO3S. The Morgan fingerprint density at radius 3 is 2.73 bits per heavy atom. The Labute approximate surface area is 99.4 Å². The zero-order valence-electron chi connectivity index (χ0n) is 7.99. The number of thiophene rings is 1. The van der Waals surface area contributed by atoms with Crippen molar-refractivity contribution < 1.29 is 14.7 Å². The lowest BCUT2D eigenvalue weighted by atomic mass is 10.2. The fourth-order valence-electron chi connectivity index (χ4n) is 0.857. The highest BCUT2D eigenvalue weighted by Gasteiger charge is 2.13. The molecule has 0 saturated carbocycles. The number of rotatable bonds is 4. The van der Waals surface area contributed by atoms with Gasteiger partial charge in [0.25, 0.3) is 5.91 Å². The number of amides is 1. The molecule has 0 spiro atoms. The topological polar surface area (TPSA) is 66.4 Å². The summed E-state index contributed by atoms with van der Waals surface area (Å²) < 4.78 is 0.874. The molecule has 0 saturated heterocycles. The first-order valence-electron chi connectivity index (χ1n) is 4.27. The van der Waals surface area contributed by atoms with Crippen molar-refractivity contribution in [2.45, 2.75) is 6.92 Å². The number of carbonyl (C=O) groups is 2. The maximum Gasteiger partial charge on any atom is 0.308 e. The zero-order valence-corrected chi connectivity index (χ0v) is 10.4. The molecular weight excluding hydrogens is 282 g/mol. The van der Waals surface area contributed by atoms with Gasteiger partial charge in [0, 0.05) is 6.54 Å². The second kappa shape index (κ2) is 5.27. The normalized spacial score (nSPS) is 12.1. The lowest BCUT2D eigenvalue weighted by molar-refractivity contribution is -0.140. The summed E-state index contributed by atoms with van der Waals surface area (Å²) >= 11 is 4.56. The monoisotopic (exact) mass is 291 g/mol. The summed E-state index contributed by atoms with van der Waals surface area (Å²) in [5.41, 5.74) is 0. The minimum absolute atomic E-state index is 0.143. The Hall–Kier alpha value is -0.880. The molecule has 4 nitrogen and oxygen atoms in total. The number of carboxylic acids is 1. The number of nitrogens with one attached hydrogen (secondary N) is 1. The SMILES string of the molecule is CC(CNC(=O)c1ccc(Br)s1)C(=O)O. The van der Waals surface area contributed by atoms with E-state index in [1.807, 2.05) is 0 Å². The second-order valence-electron chi connectivity index (χ2n) is 3.05. The Bertz CT molecular complexity index is 377. The first-order chi connectivity index (χ1) is 7.00. The molecule has 1 aromatic heterocycles. The van der Waals surface area contributed by atoms with Crippen molar-refractivity contribution in [1.29, 1.82) is 0 Å². The maximum absolute atomic E-state index is 11.5. The summed E-state index contributed by atoms with van der Waals surface area (Å²) in [5.74, 6) is -1.72. The third-order valence-corrected chi connectivity index (χ3v) is 3.41. The van der Waals surface area contributed by atoms with Gasteiger partial charge in [0.15, 0.2) is 0 Å². The molecule has 0 aliphatic rings. The van der Waals surface area contributed by atoms with E-state index in [-0.39, 0.29) is 12.5 Å². The van der Waals surface area contributed by atoms with Crippen molar-refractivity contribution in [2.24, 2.45) is 5.92 Å². The summed E-state index contributed by atoms with van der Waals surface area (Å²) in [6.07, 6.45) is 0. The van der Waals surface area contributed by atoms with E-state index in [0.717, 1.165) is 3.79 Å². The molecule has 1 atom stereocenters. The van der Waals surface area contributed by atoms with Crippen LogP contribution in [0.25, 0.3) is 0 Å².